The summed E-state index contributed by atoms with van der Waals surface area (Å²) in [4.78, 5) is 10.2. The van der Waals surface area contributed by atoms with Gasteiger partial charge in [-0.05, 0) is 25.1 Å². The fourth-order valence-corrected chi connectivity index (χ4v) is 2.18. The Morgan fingerprint density at radius 3 is 2.61 bits per heavy atom. The van der Waals surface area contributed by atoms with Crippen molar-refractivity contribution in [2.24, 2.45) is 5.41 Å². The Bertz CT molecular complexity index is 428. The predicted molar refractivity (Wildman–Crippen MR) is 68.8 cm³/mol. The third-order valence-corrected chi connectivity index (χ3v) is 3.36. The zero-order valence-corrected chi connectivity index (χ0v) is 10.7. The Morgan fingerprint density at radius 1 is 1.39 bits per heavy atom. The highest BCUT2D eigenvalue weighted by Crippen LogP contribution is 2.30. The number of hydrogen-bond donors (Lipinski definition) is 1. The normalized spacial score (nSPS) is 22.4. The average molecular weight is 250 g/mol. The van der Waals surface area contributed by atoms with Crippen molar-refractivity contribution in [3.8, 4) is 5.75 Å². The van der Waals surface area contributed by atoms with Crippen LogP contribution in [-0.2, 0) is 0 Å². The summed E-state index contributed by atoms with van der Waals surface area (Å²) in [6.07, 6.45) is 1.09. The van der Waals surface area contributed by atoms with E-state index in [2.05, 4.69) is 19.2 Å². The first-order valence-electron chi connectivity index (χ1n) is 6.11. The van der Waals surface area contributed by atoms with Gasteiger partial charge < -0.3 is 10.1 Å². The van der Waals surface area contributed by atoms with Crippen molar-refractivity contribution in [2.75, 3.05) is 13.1 Å². The summed E-state index contributed by atoms with van der Waals surface area (Å²) in [5, 5.41) is 13.9. The number of nitro groups is 1. The largest absolute Gasteiger partial charge is 0.490 e. The minimum atomic E-state index is -0.405. The van der Waals surface area contributed by atoms with Crippen LogP contribution in [0.2, 0.25) is 0 Å². The molecule has 0 amide bonds. The molecular weight excluding hydrogens is 232 g/mol. The van der Waals surface area contributed by atoms with Crippen LogP contribution in [0.5, 0.6) is 5.75 Å². The van der Waals surface area contributed by atoms with E-state index in [0.29, 0.717) is 5.75 Å². The zero-order valence-electron chi connectivity index (χ0n) is 10.7. The maximum absolute atomic E-state index is 10.6. The first kappa shape index (κ1) is 12.8. The summed E-state index contributed by atoms with van der Waals surface area (Å²) in [5.74, 6) is 0.695. The number of nitro benzene ring substituents is 1. The molecule has 1 unspecified atom stereocenters. The Kier molecular flexibility index (Phi) is 3.52. The van der Waals surface area contributed by atoms with E-state index in [0.717, 1.165) is 19.5 Å². The summed E-state index contributed by atoms with van der Waals surface area (Å²) >= 11 is 0. The van der Waals surface area contributed by atoms with E-state index in [1.807, 2.05) is 0 Å². The van der Waals surface area contributed by atoms with Crippen molar-refractivity contribution in [1.82, 2.24) is 5.32 Å². The molecule has 0 bridgehead atoms. The molecule has 1 atom stereocenters. The van der Waals surface area contributed by atoms with Crippen molar-refractivity contribution in [3.05, 3.63) is 34.4 Å². The molecule has 0 saturated carbocycles. The quantitative estimate of drug-likeness (QED) is 0.660. The smallest absolute Gasteiger partial charge is 0.269 e. The van der Waals surface area contributed by atoms with Gasteiger partial charge in [0.15, 0.2) is 0 Å². The molecule has 98 valence electrons. The fraction of sp³-hybridized carbons (Fsp3) is 0.538. The molecular formula is C13H18N2O3. The molecule has 5 heteroatoms. The average Bonchev–Trinajstić information content (AvgIpc) is 2.32. The summed E-state index contributed by atoms with van der Waals surface area (Å²) in [6, 6.07) is 6.28. The lowest BCUT2D eigenvalue weighted by Gasteiger charge is -2.38. The molecule has 1 heterocycles. The van der Waals surface area contributed by atoms with Gasteiger partial charge in [0.2, 0.25) is 0 Å². The van der Waals surface area contributed by atoms with Crippen molar-refractivity contribution in [2.45, 2.75) is 26.4 Å². The number of nitrogens with one attached hydrogen (secondary N) is 1. The maximum Gasteiger partial charge on any atom is 0.269 e. The molecule has 0 spiro atoms. The molecule has 18 heavy (non-hydrogen) atoms. The van der Waals surface area contributed by atoms with Crippen molar-refractivity contribution in [3.63, 3.8) is 0 Å². The van der Waals surface area contributed by atoms with Crippen LogP contribution in [-0.4, -0.2) is 24.1 Å². The number of benzene rings is 1. The van der Waals surface area contributed by atoms with Gasteiger partial charge in [-0.15, -0.1) is 0 Å². The van der Waals surface area contributed by atoms with Crippen LogP contribution in [0.15, 0.2) is 24.3 Å². The minimum absolute atomic E-state index is 0.0695. The second-order valence-electron chi connectivity index (χ2n) is 5.31. The fourth-order valence-electron chi connectivity index (χ4n) is 2.18. The van der Waals surface area contributed by atoms with Gasteiger partial charge in [-0.1, -0.05) is 13.8 Å². The molecule has 1 aliphatic rings. The Hall–Kier alpha value is -1.62. The van der Waals surface area contributed by atoms with Crippen LogP contribution in [0.3, 0.4) is 0 Å². The lowest BCUT2D eigenvalue weighted by Crippen LogP contribution is -2.48. The molecule has 1 aromatic rings. The first-order chi connectivity index (χ1) is 8.49. The lowest BCUT2D eigenvalue weighted by atomic mass is 9.82. The second kappa shape index (κ2) is 4.94. The van der Waals surface area contributed by atoms with Crippen molar-refractivity contribution >= 4 is 5.69 Å². The molecule has 1 aromatic carbocycles. The molecule has 0 aliphatic carbocycles. The van der Waals surface area contributed by atoms with Crippen LogP contribution < -0.4 is 10.1 Å². The van der Waals surface area contributed by atoms with Crippen LogP contribution in [0.4, 0.5) is 5.69 Å². The summed E-state index contributed by atoms with van der Waals surface area (Å²) in [7, 11) is 0. The molecule has 1 aliphatic heterocycles. The summed E-state index contributed by atoms with van der Waals surface area (Å²) in [6.45, 7) is 6.19. The third-order valence-electron chi connectivity index (χ3n) is 3.36. The van der Waals surface area contributed by atoms with E-state index >= 15 is 0 Å². The number of ether oxygens (including phenoxy) is 1. The van der Waals surface area contributed by atoms with Crippen LogP contribution in [0.25, 0.3) is 0 Å². The van der Waals surface area contributed by atoms with Gasteiger partial charge in [0, 0.05) is 24.1 Å². The van der Waals surface area contributed by atoms with Gasteiger partial charge in [0.05, 0.1) is 4.92 Å². The van der Waals surface area contributed by atoms with Gasteiger partial charge in [-0.25, -0.2) is 0 Å². The van der Waals surface area contributed by atoms with Gasteiger partial charge >= 0.3 is 0 Å². The Balaban J connectivity index is 2.06. The first-order valence-corrected chi connectivity index (χ1v) is 6.11. The number of rotatable bonds is 3. The summed E-state index contributed by atoms with van der Waals surface area (Å²) in [5.41, 5.74) is 0.159. The molecule has 5 nitrogen and oxygen atoms in total. The Labute approximate surface area is 106 Å². The maximum atomic E-state index is 10.6. The lowest BCUT2D eigenvalue weighted by molar-refractivity contribution is -0.384. The van der Waals surface area contributed by atoms with Gasteiger partial charge in [-0.3, -0.25) is 10.1 Å². The number of nitrogens with zero attached hydrogens (tertiary/aromatic N) is 1. The predicted octanol–water partition coefficient (Wildman–Crippen LogP) is 2.36. The molecule has 1 N–H and O–H groups in total. The monoisotopic (exact) mass is 250 g/mol. The Morgan fingerprint density at radius 2 is 2.06 bits per heavy atom. The SMILES string of the molecule is CC1(C)CNCCC1Oc1ccc([N+](=O)[O-])cc1. The highest BCUT2D eigenvalue weighted by atomic mass is 16.6. The van der Waals surface area contributed by atoms with E-state index in [4.69, 9.17) is 4.74 Å². The molecule has 0 aromatic heterocycles. The third kappa shape index (κ3) is 2.79. The number of non-ortho nitro benzene ring substituents is 1. The second-order valence-corrected chi connectivity index (χ2v) is 5.31. The van der Waals surface area contributed by atoms with Crippen molar-refractivity contribution < 1.29 is 9.66 Å². The zero-order chi connectivity index (χ0) is 13.2. The topological polar surface area (TPSA) is 64.4 Å². The standard InChI is InChI=1S/C13H18N2O3/c1-13(2)9-14-8-7-12(13)18-11-5-3-10(4-6-11)15(16)17/h3-6,12,14H,7-9H2,1-2H3. The van der Waals surface area contributed by atoms with Gasteiger partial charge in [-0.2, -0.15) is 0 Å². The van der Waals surface area contributed by atoms with Crippen LogP contribution in [0, 0.1) is 15.5 Å². The van der Waals surface area contributed by atoms with Crippen LogP contribution >= 0.6 is 0 Å². The van der Waals surface area contributed by atoms with E-state index in [1.165, 1.54) is 12.1 Å². The molecule has 0 radical (unpaired) electrons. The van der Waals surface area contributed by atoms with E-state index in [1.54, 1.807) is 12.1 Å². The molecule has 2 rings (SSSR count). The highest BCUT2D eigenvalue weighted by Gasteiger charge is 2.33. The van der Waals surface area contributed by atoms with E-state index in [9.17, 15) is 10.1 Å². The van der Waals surface area contributed by atoms with Gasteiger partial charge in [0.25, 0.3) is 5.69 Å². The number of hydrogen-bond acceptors (Lipinski definition) is 4. The van der Waals surface area contributed by atoms with E-state index < -0.39 is 4.92 Å². The minimum Gasteiger partial charge on any atom is -0.490 e. The van der Waals surface area contributed by atoms with E-state index in [-0.39, 0.29) is 17.2 Å². The molecule has 1 fully saturated rings. The number of piperidine rings is 1. The molecule has 1 saturated heterocycles. The van der Waals surface area contributed by atoms with Gasteiger partial charge in [0.1, 0.15) is 11.9 Å². The van der Waals surface area contributed by atoms with Crippen LogP contribution in [0.1, 0.15) is 20.3 Å². The van der Waals surface area contributed by atoms with Crippen molar-refractivity contribution in [1.29, 1.82) is 0 Å². The summed E-state index contributed by atoms with van der Waals surface area (Å²) < 4.78 is 5.94. The highest BCUT2D eigenvalue weighted by molar-refractivity contribution is 5.36.